The maximum atomic E-state index is 12.7. The summed E-state index contributed by atoms with van der Waals surface area (Å²) in [6.07, 6.45) is 5.58. The molecule has 0 aromatic carbocycles. The number of aliphatic hydroxyl groups excluding tert-OH is 2. The highest BCUT2D eigenvalue weighted by Gasteiger charge is 2.48. The Labute approximate surface area is 214 Å². The lowest BCUT2D eigenvalue weighted by Crippen LogP contribution is -2.47. The zero-order chi connectivity index (χ0) is 26.7. The first-order valence-corrected chi connectivity index (χ1v) is 13.2. The van der Waals surface area contributed by atoms with Crippen LogP contribution in [0.2, 0.25) is 0 Å². The summed E-state index contributed by atoms with van der Waals surface area (Å²) in [5.41, 5.74) is 0.678. The number of carbonyl (C=O) groups is 3. The van der Waals surface area contributed by atoms with E-state index in [0.29, 0.717) is 25.0 Å². The highest BCUT2D eigenvalue weighted by Crippen LogP contribution is 2.37. The fraction of sp³-hybridized carbons (Fsp3) is 0.815. The van der Waals surface area contributed by atoms with E-state index in [2.05, 4.69) is 4.74 Å². The molecule has 0 unspecified atom stereocenters. The van der Waals surface area contributed by atoms with Gasteiger partial charge in [-0.05, 0) is 39.5 Å². The van der Waals surface area contributed by atoms with E-state index in [1.165, 1.54) is 13.2 Å². The van der Waals surface area contributed by atoms with Gasteiger partial charge in [-0.1, -0.05) is 38.2 Å². The number of esters is 2. The number of hydrogen-bond donors (Lipinski definition) is 2. The number of unbranched alkanes of at least 4 members (excludes halogenated alkanes) is 5. The Hall–Kier alpha value is -1.81. The minimum atomic E-state index is -1.25. The smallest absolute Gasteiger partial charge is 0.330 e. The summed E-state index contributed by atoms with van der Waals surface area (Å²) < 4.78 is 21.3. The average Bonchev–Trinajstić information content (AvgIpc) is 3.60. The molecule has 0 spiro atoms. The monoisotopic (exact) mass is 512 g/mol. The summed E-state index contributed by atoms with van der Waals surface area (Å²) in [5, 5.41) is 20.2. The highest BCUT2D eigenvalue weighted by molar-refractivity contribution is 5.87. The normalized spacial score (nSPS) is 27.9. The first kappa shape index (κ1) is 30.4. The van der Waals surface area contributed by atoms with Crippen molar-refractivity contribution in [2.75, 3.05) is 20.3 Å². The molecule has 2 heterocycles. The molecule has 2 aliphatic rings. The minimum Gasteiger partial charge on any atom is -0.469 e. The zero-order valence-corrected chi connectivity index (χ0v) is 22.1. The molecule has 0 aliphatic carbocycles. The summed E-state index contributed by atoms with van der Waals surface area (Å²) >= 11 is 0. The van der Waals surface area contributed by atoms with Crippen LogP contribution in [0, 0.1) is 11.8 Å². The molecule has 2 N–H and O–H groups in total. The molecule has 2 rings (SSSR count). The first-order chi connectivity index (χ1) is 17.1. The first-order valence-electron chi connectivity index (χ1n) is 13.2. The predicted octanol–water partition coefficient (Wildman–Crippen LogP) is 2.89. The van der Waals surface area contributed by atoms with Crippen molar-refractivity contribution in [2.45, 2.75) is 109 Å². The van der Waals surface area contributed by atoms with Crippen LogP contribution in [0.15, 0.2) is 11.6 Å². The topological polar surface area (TPSA) is 132 Å². The van der Waals surface area contributed by atoms with Crippen molar-refractivity contribution in [1.29, 1.82) is 0 Å². The predicted molar refractivity (Wildman–Crippen MR) is 132 cm³/mol. The van der Waals surface area contributed by atoms with Crippen LogP contribution >= 0.6 is 0 Å². The average molecular weight is 513 g/mol. The molecule has 9 heteroatoms. The van der Waals surface area contributed by atoms with Gasteiger partial charge in [-0.2, -0.15) is 0 Å². The van der Waals surface area contributed by atoms with Gasteiger partial charge in [0.15, 0.2) is 5.78 Å². The maximum Gasteiger partial charge on any atom is 0.330 e. The second-order valence-electron chi connectivity index (χ2n) is 10.2. The molecule has 2 fully saturated rings. The Balaban J connectivity index is 1.60. The van der Waals surface area contributed by atoms with E-state index >= 15 is 0 Å². The number of rotatable bonds is 16. The van der Waals surface area contributed by atoms with Crippen LogP contribution in [0.1, 0.15) is 78.6 Å². The SMILES string of the molecule is COC(=O)CCCCCCCCOC(=O)/C=C(\C)C[C@@H]1OC[C@H](C[C@@H]2O[C@H]2[C@@H](C)[C@H](C)O)C(=O)[C@H]1O. The van der Waals surface area contributed by atoms with Gasteiger partial charge in [-0.15, -0.1) is 0 Å². The maximum absolute atomic E-state index is 12.7. The van der Waals surface area contributed by atoms with Crippen LogP contribution in [-0.2, 0) is 33.3 Å². The second-order valence-corrected chi connectivity index (χ2v) is 10.2. The van der Waals surface area contributed by atoms with Gasteiger partial charge in [0.2, 0.25) is 0 Å². The van der Waals surface area contributed by atoms with Crippen LogP contribution in [0.3, 0.4) is 0 Å². The Morgan fingerprint density at radius 2 is 1.78 bits per heavy atom. The number of epoxide rings is 1. The van der Waals surface area contributed by atoms with Crippen molar-refractivity contribution in [2.24, 2.45) is 11.8 Å². The molecular formula is C27H44O9. The van der Waals surface area contributed by atoms with E-state index in [-0.39, 0.29) is 42.9 Å². The molecule has 0 aromatic heterocycles. The second kappa shape index (κ2) is 15.4. The fourth-order valence-corrected chi connectivity index (χ4v) is 4.53. The minimum absolute atomic E-state index is 0.0101. The molecular weight excluding hydrogens is 468 g/mol. The lowest BCUT2D eigenvalue weighted by molar-refractivity contribution is -0.156. The Morgan fingerprint density at radius 3 is 2.44 bits per heavy atom. The molecule has 7 atom stereocenters. The van der Waals surface area contributed by atoms with Crippen molar-refractivity contribution < 1.29 is 43.5 Å². The summed E-state index contributed by atoms with van der Waals surface area (Å²) in [6, 6.07) is 0. The van der Waals surface area contributed by atoms with E-state index < -0.39 is 30.2 Å². The molecule has 0 radical (unpaired) electrons. The van der Waals surface area contributed by atoms with Crippen LogP contribution in [0.4, 0.5) is 0 Å². The summed E-state index contributed by atoms with van der Waals surface area (Å²) in [4.78, 5) is 35.8. The van der Waals surface area contributed by atoms with Gasteiger partial charge in [0, 0.05) is 24.3 Å². The van der Waals surface area contributed by atoms with Crippen LogP contribution in [-0.4, -0.2) is 78.8 Å². The number of Topliss-reactive ketones (excluding diaryl/α,β-unsaturated/α-hetero) is 1. The van der Waals surface area contributed by atoms with Gasteiger partial charge >= 0.3 is 11.9 Å². The third kappa shape index (κ3) is 10.3. The van der Waals surface area contributed by atoms with Gasteiger partial charge < -0.3 is 29.2 Å². The third-order valence-electron chi connectivity index (χ3n) is 7.11. The molecule has 0 amide bonds. The summed E-state index contributed by atoms with van der Waals surface area (Å²) in [7, 11) is 1.39. The Kier molecular flexibility index (Phi) is 13.0. The number of methoxy groups -OCH3 is 1. The van der Waals surface area contributed by atoms with Gasteiger partial charge in [0.1, 0.15) is 6.10 Å². The summed E-state index contributed by atoms with van der Waals surface area (Å²) in [5.74, 6) is -1.32. The van der Waals surface area contributed by atoms with Crippen molar-refractivity contribution in [3.8, 4) is 0 Å². The lowest BCUT2D eigenvalue weighted by Gasteiger charge is -2.32. The van der Waals surface area contributed by atoms with Gasteiger partial charge in [-0.25, -0.2) is 4.79 Å². The molecule has 9 nitrogen and oxygen atoms in total. The third-order valence-corrected chi connectivity index (χ3v) is 7.11. The number of aliphatic hydroxyl groups is 2. The molecule has 2 aliphatic heterocycles. The summed E-state index contributed by atoms with van der Waals surface area (Å²) in [6.45, 7) is 5.93. The fourth-order valence-electron chi connectivity index (χ4n) is 4.53. The van der Waals surface area contributed by atoms with Crippen LogP contribution in [0.25, 0.3) is 0 Å². The molecule has 206 valence electrons. The van der Waals surface area contributed by atoms with Crippen molar-refractivity contribution in [1.82, 2.24) is 0 Å². The zero-order valence-electron chi connectivity index (χ0n) is 22.1. The van der Waals surface area contributed by atoms with Crippen LogP contribution in [0.5, 0.6) is 0 Å². The quantitative estimate of drug-likeness (QED) is 0.139. The number of carbonyl (C=O) groups excluding carboxylic acids is 3. The van der Waals surface area contributed by atoms with Gasteiger partial charge in [0.05, 0.1) is 44.7 Å². The van der Waals surface area contributed by atoms with Crippen molar-refractivity contribution in [3.63, 3.8) is 0 Å². The molecule has 0 bridgehead atoms. The van der Waals surface area contributed by atoms with Crippen molar-refractivity contribution >= 4 is 17.7 Å². The van der Waals surface area contributed by atoms with Crippen LogP contribution < -0.4 is 0 Å². The Morgan fingerprint density at radius 1 is 1.11 bits per heavy atom. The van der Waals surface area contributed by atoms with Gasteiger partial charge in [-0.3, -0.25) is 9.59 Å². The van der Waals surface area contributed by atoms with E-state index in [0.717, 1.165) is 38.5 Å². The number of ketones is 1. The van der Waals surface area contributed by atoms with Gasteiger partial charge in [0.25, 0.3) is 0 Å². The van der Waals surface area contributed by atoms with E-state index in [1.54, 1.807) is 13.8 Å². The number of hydrogen-bond acceptors (Lipinski definition) is 9. The standard InChI is InChI=1S/C27H44O9/c1-17(14-24(30)34-12-10-8-6-5-7-9-11-23(29)33-4)13-21-26(32)25(31)20(16-35-21)15-22-27(36-22)18(2)19(3)28/h14,18-22,26-28,32H,5-13,15-16H2,1-4H3/b17-14+/t18-,19-,20-,21-,22-,26-,27-/m0/s1. The number of ether oxygens (including phenoxy) is 4. The van der Waals surface area contributed by atoms with E-state index in [4.69, 9.17) is 14.2 Å². The van der Waals surface area contributed by atoms with Crippen molar-refractivity contribution in [3.05, 3.63) is 11.6 Å². The highest BCUT2D eigenvalue weighted by atomic mass is 16.6. The van der Waals surface area contributed by atoms with E-state index in [9.17, 15) is 24.6 Å². The molecule has 0 aromatic rings. The molecule has 2 saturated heterocycles. The molecule has 0 saturated carbocycles. The molecule has 36 heavy (non-hydrogen) atoms. The lowest BCUT2D eigenvalue weighted by atomic mass is 9.87. The Bertz CT molecular complexity index is 748. The largest absolute Gasteiger partial charge is 0.469 e. The van der Waals surface area contributed by atoms with E-state index in [1.807, 2.05) is 6.92 Å².